The molecule has 2 amide bonds. The molecule has 4 nitrogen and oxygen atoms in total. The summed E-state index contributed by atoms with van der Waals surface area (Å²) in [7, 11) is 0. The Morgan fingerprint density at radius 3 is 2.33 bits per heavy atom. The van der Waals surface area contributed by atoms with Crippen molar-refractivity contribution in [1.29, 1.82) is 0 Å². The first-order valence-corrected chi connectivity index (χ1v) is 7.00. The topological polar surface area (TPSA) is 49.4 Å². The lowest BCUT2D eigenvalue weighted by atomic mass is 9.90. The van der Waals surface area contributed by atoms with Gasteiger partial charge in [0, 0.05) is 5.54 Å². The number of hydrogen-bond donors (Lipinski definition) is 1. The van der Waals surface area contributed by atoms with Gasteiger partial charge in [-0.3, -0.25) is 9.59 Å². The van der Waals surface area contributed by atoms with Crippen molar-refractivity contribution in [2.75, 3.05) is 0 Å². The van der Waals surface area contributed by atoms with Crippen LogP contribution < -0.4 is 5.32 Å². The predicted molar refractivity (Wildman–Crippen MR) is 69.9 cm³/mol. The Kier molecular flexibility index (Phi) is 3.39. The maximum atomic E-state index is 12.6. The van der Waals surface area contributed by atoms with Crippen molar-refractivity contribution < 1.29 is 9.59 Å². The highest BCUT2D eigenvalue weighted by Crippen LogP contribution is 2.38. The maximum absolute atomic E-state index is 12.6. The Labute approximate surface area is 109 Å². The molecule has 1 aliphatic carbocycles. The molecule has 0 aromatic heterocycles. The van der Waals surface area contributed by atoms with Gasteiger partial charge in [0.25, 0.3) is 0 Å². The highest BCUT2D eigenvalue weighted by atomic mass is 16.2. The minimum atomic E-state index is -0.355. The van der Waals surface area contributed by atoms with Gasteiger partial charge in [-0.25, -0.2) is 0 Å². The van der Waals surface area contributed by atoms with Crippen LogP contribution in [0.2, 0.25) is 0 Å². The molecule has 2 unspecified atom stereocenters. The molecule has 0 aromatic rings. The first-order chi connectivity index (χ1) is 8.37. The van der Waals surface area contributed by atoms with Crippen LogP contribution in [0.1, 0.15) is 53.4 Å². The van der Waals surface area contributed by atoms with Crippen LogP contribution in [0.25, 0.3) is 0 Å². The molecule has 2 aliphatic rings. The zero-order valence-corrected chi connectivity index (χ0v) is 11.8. The van der Waals surface area contributed by atoms with E-state index >= 15 is 0 Å². The summed E-state index contributed by atoms with van der Waals surface area (Å²) in [6.45, 7) is 7.93. The number of carbonyl (C=O) groups is 2. The van der Waals surface area contributed by atoms with E-state index in [4.69, 9.17) is 0 Å². The summed E-state index contributed by atoms with van der Waals surface area (Å²) in [5, 5.41) is 2.86. The monoisotopic (exact) mass is 252 g/mol. The lowest BCUT2D eigenvalue weighted by molar-refractivity contribution is -0.156. The van der Waals surface area contributed by atoms with E-state index < -0.39 is 0 Å². The molecule has 18 heavy (non-hydrogen) atoms. The van der Waals surface area contributed by atoms with Crippen LogP contribution in [0, 0.1) is 5.92 Å². The van der Waals surface area contributed by atoms with Gasteiger partial charge in [0.05, 0.1) is 0 Å². The molecule has 2 rings (SSSR count). The van der Waals surface area contributed by atoms with Crippen LogP contribution in [0.15, 0.2) is 0 Å². The van der Waals surface area contributed by atoms with E-state index in [1.807, 2.05) is 25.7 Å². The molecule has 1 aliphatic heterocycles. The molecule has 102 valence electrons. The average molecular weight is 252 g/mol. The summed E-state index contributed by atoms with van der Waals surface area (Å²) in [6.07, 6.45) is 4.34. The van der Waals surface area contributed by atoms with E-state index in [0.717, 1.165) is 25.7 Å². The Hall–Kier alpha value is -1.06. The van der Waals surface area contributed by atoms with Crippen LogP contribution >= 0.6 is 0 Å². The number of rotatable bonds is 2. The lowest BCUT2D eigenvalue weighted by Crippen LogP contribution is -2.68. The van der Waals surface area contributed by atoms with Crippen molar-refractivity contribution in [3.63, 3.8) is 0 Å². The van der Waals surface area contributed by atoms with Crippen LogP contribution in [-0.2, 0) is 9.59 Å². The second-order valence-electron chi connectivity index (χ2n) is 6.32. The predicted octanol–water partition coefficient (Wildman–Crippen LogP) is 1.69. The molecule has 0 bridgehead atoms. The fourth-order valence-electron chi connectivity index (χ4n) is 3.36. The summed E-state index contributed by atoms with van der Waals surface area (Å²) in [6, 6.07) is -0.693. The van der Waals surface area contributed by atoms with Crippen molar-refractivity contribution in [2.24, 2.45) is 5.92 Å². The maximum Gasteiger partial charge on any atom is 0.246 e. The zero-order chi connectivity index (χ0) is 13.5. The van der Waals surface area contributed by atoms with Crippen LogP contribution in [0.5, 0.6) is 0 Å². The number of hydrogen-bond acceptors (Lipinski definition) is 2. The molecule has 2 atom stereocenters. The molecule has 0 radical (unpaired) electrons. The molecule has 4 heteroatoms. The highest BCUT2D eigenvalue weighted by Gasteiger charge is 2.48. The van der Waals surface area contributed by atoms with E-state index in [-0.39, 0.29) is 35.4 Å². The zero-order valence-electron chi connectivity index (χ0n) is 11.8. The smallest absolute Gasteiger partial charge is 0.246 e. The van der Waals surface area contributed by atoms with E-state index in [1.165, 1.54) is 0 Å². The first kappa shape index (κ1) is 13.4. The molecular formula is C14H24N2O2. The van der Waals surface area contributed by atoms with Crippen LogP contribution in [0.3, 0.4) is 0 Å². The van der Waals surface area contributed by atoms with Crippen molar-refractivity contribution in [1.82, 2.24) is 10.2 Å². The normalized spacial score (nSPS) is 31.9. The Bertz CT molecular complexity index is 359. The Morgan fingerprint density at radius 2 is 1.83 bits per heavy atom. The SMILES string of the molecule is CC(C)C1NC(=O)C(C)N(C2(C)CCCC2)C1=O. The Morgan fingerprint density at radius 1 is 1.28 bits per heavy atom. The van der Waals surface area contributed by atoms with Crippen molar-refractivity contribution in [2.45, 2.75) is 71.0 Å². The van der Waals surface area contributed by atoms with E-state index in [1.54, 1.807) is 0 Å². The van der Waals surface area contributed by atoms with Crippen molar-refractivity contribution >= 4 is 11.8 Å². The number of amides is 2. The van der Waals surface area contributed by atoms with Crippen LogP contribution in [0.4, 0.5) is 0 Å². The number of piperazine rings is 1. The van der Waals surface area contributed by atoms with E-state index in [2.05, 4.69) is 12.2 Å². The van der Waals surface area contributed by atoms with Gasteiger partial charge in [-0.1, -0.05) is 26.7 Å². The summed E-state index contributed by atoms with van der Waals surface area (Å²) in [5.74, 6) is 0.226. The van der Waals surface area contributed by atoms with Gasteiger partial charge in [0.1, 0.15) is 12.1 Å². The van der Waals surface area contributed by atoms with Gasteiger partial charge in [0.15, 0.2) is 0 Å². The molecule has 1 heterocycles. The second-order valence-corrected chi connectivity index (χ2v) is 6.32. The molecule has 0 aromatic carbocycles. The van der Waals surface area contributed by atoms with Crippen molar-refractivity contribution in [3.8, 4) is 0 Å². The quantitative estimate of drug-likeness (QED) is 0.813. The largest absolute Gasteiger partial charge is 0.342 e. The number of nitrogens with zero attached hydrogens (tertiary/aromatic N) is 1. The second kappa shape index (κ2) is 4.56. The molecule has 1 N–H and O–H groups in total. The van der Waals surface area contributed by atoms with Gasteiger partial charge >= 0.3 is 0 Å². The van der Waals surface area contributed by atoms with Gasteiger partial charge in [-0.05, 0) is 32.6 Å². The van der Waals surface area contributed by atoms with Gasteiger partial charge in [0.2, 0.25) is 11.8 Å². The van der Waals surface area contributed by atoms with E-state index in [0.29, 0.717) is 0 Å². The standard InChI is InChI=1S/C14H24N2O2/c1-9(2)11-13(18)16(10(3)12(17)15-11)14(4)7-5-6-8-14/h9-11H,5-8H2,1-4H3,(H,15,17). The molecule has 2 fully saturated rings. The average Bonchev–Trinajstić information content (AvgIpc) is 2.71. The minimum absolute atomic E-state index is 0.0126. The molecular weight excluding hydrogens is 228 g/mol. The van der Waals surface area contributed by atoms with Crippen LogP contribution in [-0.4, -0.2) is 34.3 Å². The Balaban J connectivity index is 2.30. The third-order valence-corrected chi connectivity index (χ3v) is 4.50. The summed E-state index contributed by atoms with van der Waals surface area (Å²) < 4.78 is 0. The third kappa shape index (κ3) is 2.02. The molecule has 1 saturated heterocycles. The summed E-state index contributed by atoms with van der Waals surface area (Å²) in [5.41, 5.74) is -0.124. The fourth-order valence-corrected chi connectivity index (χ4v) is 3.36. The number of nitrogens with one attached hydrogen (secondary N) is 1. The highest BCUT2D eigenvalue weighted by molar-refractivity contribution is 5.97. The number of carbonyl (C=O) groups excluding carboxylic acids is 2. The lowest BCUT2D eigenvalue weighted by Gasteiger charge is -2.47. The van der Waals surface area contributed by atoms with Gasteiger partial charge in [-0.15, -0.1) is 0 Å². The minimum Gasteiger partial charge on any atom is -0.342 e. The summed E-state index contributed by atoms with van der Waals surface area (Å²) in [4.78, 5) is 26.5. The molecule has 1 saturated carbocycles. The van der Waals surface area contributed by atoms with Gasteiger partial charge < -0.3 is 10.2 Å². The van der Waals surface area contributed by atoms with E-state index in [9.17, 15) is 9.59 Å². The summed E-state index contributed by atoms with van der Waals surface area (Å²) >= 11 is 0. The fraction of sp³-hybridized carbons (Fsp3) is 0.857. The third-order valence-electron chi connectivity index (χ3n) is 4.50. The van der Waals surface area contributed by atoms with Gasteiger partial charge in [-0.2, -0.15) is 0 Å². The molecule has 0 spiro atoms. The first-order valence-electron chi connectivity index (χ1n) is 7.00. The van der Waals surface area contributed by atoms with Crippen molar-refractivity contribution in [3.05, 3.63) is 0 Å².